The van der Waals surface area contributed by atoms with E-state index in [0.29, 0.717) is 5.56 Å². The van der Waals surface area contributed by atoms with Crippen molar-refractivity contribution in [1.29, 1.82) is 0 Å². The Bertz CT molecular complexity index is 467. The van der Waals surface area contributed by atoms with E-state index in [2.05, 4.69) is 10.8 Å². The molecule has 2 aliphatic rings. The van der Waals surface area contributed by atoms with Crippen molar-refractivity contribution in [2.75, 3.05) is 11.9 Å². The minimum Gasteiger partial charge on any atom is -0.385 e. The molecule has 1 aliphatic heterocycles. The fraction of sp³-hybridized carbons (Fsp3) is 0.533. The Morgan fingerprint density at radius 1 is 1.26 bits per heavy atom. The van der Waals surface area contributed by atoms with Crippen LogP contribution >= 0.6 is 0 Å². The SMILES string of the molecule is O=C(NOC1CCCC1)c1ccc2c(c1)CCCN2. The smallest absolute Gasteiger partial charge is 0.274 e. The Morgan fingerprint density at radius 2 is 2.11 bits per heavy atom. The first-order valence-electron chi connectivity index (χ1n) is 7.16. The van der Waals surface area contributed by atoms with Gasteiger partial charge in [-0.05, 0) is 49.4 Å². The summed E-state index contributed by atoms with van der Waals surface area (Å²) in [5, 5.41) is 3.34. The summed E-state index contributed by atoms with van der Waals surface area (Å²) in [4.78, 5) is 17.5. The van der Waals surface area contributed by atoms with Gasteiger partial charge in [-0.2, -0.15) is 0 Å². The van der Waals surface area contributed by atoms with Gasteiger partial charge in [-0.25, -0.2) is 5.48 Å². The minimum absolute atomic E-state index is 0.139. The van der Waals surface area contributed by atoms with Crippen LogP contribution in [0, 0.1) is 0 Å². The molecule has 4 heteroatoms. The highest BCUT2D eigenvalue weighted by Crippen LogP contribution is 2.23. The first-order chi connectivity index (χ1) is 9.33. The minimum atomic E-state index is -0.139. The third-order valence-corrected chi connectivity index (χ3v) is 3.93. The van der Waals surface area contributed by atoms with E-state index in [-0.39, 0.29) is 12.0 Å². The number of aryl methyl sites for hydroxylation is 1. The van der Waals surface area contributed by atoms with Crippen molar-refractivity contribution in [1.82, 2.24) is 5.48 Å². The van der Waals surface area contributed by atoms with E-state index >= 15 is 0 Å². The van der Waals surface area contributed by atoms with Crippen molar-refractivity contribution < 1.29 is 9.63 Å². The summed E-state index contributed by atoms with van der Waals surface area (Å²) in [6.45, 7) is 1.02. The summed E-state index contributed by atoms with van der Waals surface area (Å²) in [6.07, 6.45) is 6.85. The van der Waals surface area contributed by atoms with Crippen LogP contribution in [0.15, 0.2) is 18.2 Å². The molecule has 0 aromatic heterocycles. The largest absolute Gasteiger partial charge is 0.385 e. The van der Waals surface area contributed by atoms with Gasteiger partial charge in [0, 0.05) is 17.8 Å². The van der Waals surface area contributed by atoms with E-state index in [1.807, 2.05) is 18.2 Å². The van der Waals surface area contributed by atoms with Gasteiger partial charge in [-0.1, -0.05) is 12.8 Å². The van der Waals surface area contributed by atoms with E-state index in [4.69, 9.17) is 4.84 Å². The second kappa shape index (κ2) is 5.61. The number of fused-ring (bicyclic) bond motifs is 1. The molecule has 1 aromatic rings. The van der Waals surface area contributed by atoms with Gasteiger partial charge in [0.25, 0.3) is 5.91 Å². The van der Waals surface area contributed by atoms with Crippen molar-refractivity contribution in [3.8, 4) is 0 Å². The van der Waals surface area contributed by atoms with E-state index < -0.39 is 0 Å². The second-order valence-corrected chi connectivity index (χ2v) is 5.36. The fourth-order valence-corrected chi connectivity index (χ4v) is 2.82. The number of carbonyl (C=O) groups is 1. The van der Waals surface area contributed by atoms with E-state index in [9.17, 15) is 4.79 Å². The molecule has 1 amide bonds. The average molecular weight is 260 g/mol. The predicted molar refractivity (Wildman–Crippen MR) is 74.1 cm³/mol. The fourth-order valence-electron chi connectivity index (χ4n) is 2.82. The molecule has 0 spiro atoms. The molecule has 0 atom stereocenters. The maximum atomic E-state index is 12.0. The van der Waals surface area contributed by atoms with Crippen molar-refractivity contribution >= 4 is 11.6 Å². The molecule has 19 heavy (non-hydrogen) atoms. The van der Waals surface area contributed by atoms with Crippen molar-refractivity contribution in [2.45, 2.75) is 44.6 Å². The molecule has 1 saturated carbocycles. The van der Waals surface area contributed by atoms with Crippen LogP contribution < -0.4 is 10.8 Å². The Labute approximate surface area is 113 Å². The van der Waals surface area contributed by atoms with Gasteiger partial charge in [0.15, 0.2) is 0 Å². The standard InChI is InChI=1S/C15H20N2O2/c18-15(17-19-13-5-1-2-6-13)12-7-8-14-11(10-12)4-3-9-16-14/h7-8,10,13,16H,1-6,9H2,(H,17,18). The van der Waals surface area contributed by atoms with Crippen LogP contribution in [0.2, 0.25) is 0 Å². The Morgan fingerprint density at radius 3 is 2.95 bits per heavy atom. The molecule has 4 nitrogen and oxygen atoms in total. The summed E-state index contributed by atoms with van der Waals surface area (Å²) in [6, 6.07) is 5.80. The molecule has 0 bridgehead atoms. The summed E-state index contributed by atoms with van der Waals surface area (Å²) >= 11 is 0. The summed E-state index contributed by atoms with van der Waals surface area (Å²) < 4.78 is 0. The predicted octanol–water partition coefficient (Wildman–Crippen LogP) is 2.65. The monoisotopic (exact) mass is 260 g/mol. The third kappa shape index (κ3) is 2.89. The van der Waals surface area contributed by atoms with Crippen molar-refractivity contribution in [3.63, 3.8) is 0 Å². The van der Waals surface area contributed by atoms with Gasteiger partial charge in [0.05, 0.1) is 6.10 Å². The van der Waals surface area contributed by atoms with Gasteiger partial charge in [0.2, 0.25) is 0 Å². The molecule has 0 radical (unpaired) electrons. The number of anilines is 1. The van der Waals surface area contributed by atoms with Crippen LogP contribution in [0.25, 0.3) is 0 Å². The van der Waals surface area contributed by atoms with Crippen molar-refractivity contribution in [3.05, 3.63) is 29.3 Å². The first-order valence-corrected chi connectivity index (χ1v) is 7.16. The molecule has 0 saturated heterocycles. The zero-order chi connectivity index (χ0) is 13.1. The number of benzene rings is 1. The molecular weight excluding hydrogens is 240 g/mol. The Balaban J connectivity index is 1.62. The third-order valence-electron chi connectivity index (χ3n) is 3.93. The number of hydrogen-bond donors (Lipinski definition) is 2. The zero-order valence-corrected chi connectivity index (χ0v) is 11.1. The van der Waals surface area contributed by atoms with Crippen LogP contribution in [-0.2, 0) is 11.3 Å². The Hall–Kier alpha value is -1.55. The quantitative estimate of drug-likeness (QED) is 0.821. The van der Waals surface area contributed by atoms with Gasteiger partial charge in [-0.3, -0.25) is 9.63 Å². The number of amides is 1. The molecule has 1 heterocycles. The molecule has 2 N–H and O–H groups in total. The lowest BCUT2D eigenvalue weighted by Crippen LogP contribution is -2.28. The topological polar surface area (TPSA) is 50.4 Å². The molecule has 1 aromatic carbocycles. The van der Waals surface area contributed by atoms with Crippen LogP contribution in [0.3, 0.4) is 0 Å². The van der Waals surface area contributed by atoms with E-state index in [1.54, 1.807) is 0 Å². The Kier molecular flexibility index (Phi) is 3.69. The van der Waals surface area contributed by atoms with Crippen LogP contribution in [0.4, 0.5) is 5.69 Å². The highest BCUT2D eigenvalue weighted by atomic mass is 16.7. The summed E-state index contributed by atoms with van der Waals surface area (Å²) in [5.74, 6) is -0.139. The first kappa shape index (κ1) is 12.5. The average Bonchev–Trinajstić information content (AvgIpc) is 2.97. The number of hydrogen-bond acceptors (Lipinski definition) is 3. The van der Waals surface area contributed by atoms with Gasteiger partial charge >= 0.3 is 0 Å². The van der Waals surface area contributed by atoms with E-state index in [1.165, 1.54) is 18.4 Å². The highest BCUT2D eigenvalue weighted by Gasteiger charge is 2.18. The van der Waals surface area contributed by atoms with Crippen molar-refractivity contribution in [2.24, 2.45) is 0 Å². The van der Waals surface area contributed by atoms with Gasteiger partial charge in [0.1, 0.15) is 0 Å². The molecule has 3 rings (SSSR count). The van der Waals surface area contributed by atoms with Crippen LogP contribution in [0.1, 0.15) is 48.0 Å². The number of rotatable bonds is 3. The lowest BCUT2D eigenvalue weighted by molar-refractivity contribution is -0.0124. The van der Waals surface area contributed by atoms with Crippen LogP contribution in [0.5, 0.6) is 0 Å². The molecule has 102 valence electrons. The molecule has 1 fully saturated rings. The van der Waals surface area contributed by atoms with E-state index in [0.717, 1.165) is 37.9 Å². The molecule has 1 aliphatic carbocycles. The molecule has 0 unspecified atom stereocenters. The number of nitrogens with one attached hydrogen (secondary N) is 2. The number of hydroxylamine groups is 1. The maximum absolute atomic E-state index is 12.0. The zero-order valence-electron chi connectivity index (χ0n) is 11.1. The maximum Gasteiger partial charge on any atom is 0.274 e. The van der Waals surface area contributed by atoms with Crippen LogP contribution in [-0.4, -0.2) is 18.6 Å². The normalized spacial score (nSPS) is 18.7. The number of carbonyl (C=O) groups excluding carboxylic acids is 1. The second-order valence-electron chi connectivity index (χ2n) is 5.36. The molecular formula is C15H20N2O2. The highest BCUT2D eigenvalue weighted by molar-refractivity contribution is 5.94. The van der Waals surface area contributed by atoms with Gasteiger partial charge < -0.3 is 5.32 Å². The lowest BCUT2D eigenvalue weighted by Gasteiger charge is -2.18. The summed E-state index contributed by atoms with van der Waals surface area (Å²) in [7, 11) is 0. The van der Waals surface area contributed by atoms with Gasteiger partial charge in [-0.15, -0.1) is 0 Å². The summed E-state index contributed by atoms with van der Waals surface area (Å²) in [5.41, 5.74) is 5.64. The lowest BCUT2D eigenvalue weighted by atomic mass is 10.0.